The van der Waals surface area contributed by atoms with Crippen molar-refractivity contribution in [3.05, 3.63) is 46.8 Å². The summed E-state index contributed by atoms with van der Waals surface area (Å²) in [6.07, 6.45) is -0.0876. The van der Waals surface area contributed by atoms with Gasteiger partial charge in [-0.3, -0.25) is 14.7 Å². The summed E-state index contributed by atoms with van der Waals surface area (Å²) in [5.74, 6) is -1.17. The van der Waals surface area contributed by atoms with E-state index in [0.717, 1.165) is 11.3 Å². The van der Waals surface area contributed by atoms with Gasteiger partial charge in [-0.05, 0) is 31.5 Å². The molecule has 0 bridgehead atoms. The lowest BCUT2D eigenvalue weighted by atomic mass is 10.0. The zero-order valence-corrected chi connectivity index (χ0v) is 13.8. The third kappa shape index (κ3) is 2.78. The molecule has 2 heterocycles. The van der Waals surface area contributed by atoms with Crippen molar-refractivity contribution in [3.8, 4) is 0 Å². The number of amides is 1. The van der Waals surface area contributed by atoms with Crippen LogP contribution in [0.4, 0.5) is 5.69 Å². The second-order valence-corrected chi connectivity index (χ2v) is 6.33. The average molecular weight is 329 g/mol. The quantitative estimate of drug-likeness (QED) is 0.895. The number of H-pyrrole nitrogens is 1. The largest absolute Gasteiger partial charge is 0.481 e. The van der Waals surface area contributed by atoms with E-state index in [1.807, 2.05) is 13.8 Å². The number of carboxylic acid groups (broad SMARTS) is 1. The number of aliphatic carboxylic acids is 1. The third-order valence-electron chi connectivity index (χ3n) is 4.21. The van der Waals surface area contributed by atoms with E-state index in [0.29, 0.717) is 23.6 Å². The number of anilines is 1. The van der Waals surface area contributed by atoms with Crippen molar-refractivity contribution in [2.45, 2.75) is 32.5 Å². The standard InChI is InChI=1S/C17H19N3O4/c1-17(2)15-12(9-24-17)14(18-19-15)16(23)20(3)11-6-4-5-10(7-11)8-13(21)22/h4-7H,8-9H2,1-3H3,(H,18,19)(H,21,22). The van der Waals surface area contributed by atoms with E-state index in [4.69, 9.17) is 9.84 Å². The number of rotatable bonds is 4. The predicted octanol–water partition coefficient (Wildman–Crippen LogP) is 2.08. The molecule has 0 aliphatic carbocycles. The van der Waals surface area contributed by atoms with E-state index in [2.05, 4.69) is 10.2 Å². The molecule has 0 saturated heterocycles. The number of aromatic nitrogens is 2. The molecule has 3 rings (SSSR count). The van der Waals surface area contributed by atoms with Gasteiger partial charge in [0.25, 0.3) is 5.91 Å². The maximum atomic E-state index is 12.8. The van der Waals surface area contributed by atoms with Crippen LogP contribution in [-0.2, 0) is 28.2 Å². The van der Waals surface area contributed by atoms with Crippen molar-refractivity contribution in [2.24, 2.45) is 0 Å². The number of carbonyl (C=O) groups excluding carboxylic acids is 1. The van der Waals surface area contributed by atoms with Gasteiger partial charge in [0.15, 0.2) is 5.69 Å². The van der Waals surface area contributed by atoms with Gasteiger partial charge in [0, 0.05) is 18.3 Å². The minimum absolute atomic E-state index is 0.0876. The zero-order valence-electron chi connectivity index (χ0n) is 13.8. The molecule has 2 aromatic rings. The lowest BCUT2D eigenvalue weighted by Crippen LogP contribution is -2.27. The lowest BCUT2D eigenvalue weighted by molar-refractivity contribution is -0.136. The van der Waals surface area contributed by atoms with Gasteiger partial charge in [-0.15, -0.1) is 0 Å². The Labute approximate surface area is 139 Å². The molecule has 1 aliphatic heterocycles. The average Bonchev–Trinajstić information content (AvgIpc) is 3.07. The summed E-state index contributed by atoms with van der Waals surface area (Å²) >= 11 is 0. The van der Waals surface area contributed by atoms with Crippen LogP contribution in [0.15, 0.2) is 24.3 Å². The number of fused-ring (bicyclic) bond motifs is 1. The van der Waals surface area contributed by atoms with E-state index < -0.39 is 11.6 Å². The Morgan fingerprint density at radius 2 is 2.17 bits per heavy atom. The molecule has 0 fully saturated rings. The minimum Gasteiger partial charge on any atom is -0.481 e. The van der Waals surface area contributed by atoms with Crippen LogP contribution in [0.3, 0.4) is 0 Å². The monoisotopic (exact) mass is 329 g/mol. The molecule has 0 radical (unpaired) electrons. The smallest absolute Gasteiger partial charge is 0.307 e. The molecule has 2 N–H and O–H groups in total. The number of ether oxygens (including phenoxy) is 1. The van der Waals surface area contributed by atoms with E-state index in [1.54, 1.807) is 31.3 Å². The molecule has 24 heavy (non-hydrogen) atoms. The van der Waals surface area contributed by atoms with Crippen LogP contribution >= 0.6 is 0 Å². The van der Waals surface area contributed by atoms with Gasteiger partial charge in [-0.2, -0.15) is 5.10 Å². The van der Waals surface area contributed by atoms with E-state index in [-0.39, 0.29) is 12.3 Å². The van der Waals surface area contributed by atoms with Crippen molar-refractivity contribution < 1.29 is 19.4 Å². The highest BCUT2D eigenvalue weighted by Crippen LogP contribution is 2.36. The van der Waals surface area contributed by atoms with Crippen LogP contribution in [0.2, 0.25) is 0 Å². The van der Waals surface area contributed by atoms with Crippen molar-refractivity contribution in [1.82, 2.24) is 10.2 Å². The third-order valence-corrected chi connectivity index (χ3v) is 4.21. The number of aromatic amines is 1. The number of benzene rings is 1. The highest BCUT2D eigenvalue weighted by molar-refractivity contribution is 6.05. The van der Waals surface area contributed by atoms with Gasteiger partial charge in [0.1, 0.15) is 5.60 Å². The molecule has 1 aromatic carbocycles. The van der Waals surface area contributed by atoms with Gasteiger partial charge in [-0.25, -0.2) is 0 Å². The fraction of sp³-hybridized carbons (Fsp3) is 0.353. The van der Waals surface area contributed by atoms with Gasteiger partial charge in [-0.1, -0.05) is 12.1 Å². The van der Waals surface area contributed by atoms with Gasteiger partial charge in [0.05, 0.1) is 18.7 Å². The van der Waals surface area contributed by atoms with Crippen LogP contribution in [0.1, 0.15) is 41.2 Å². The van der Waals surface area contributed by atoms with Gasteiger partial charge in [0.2, 0.25) is 0 Å². The second-order valence-electron chi connectivity index (χ2n) is 6.33. The number of hydrogen-bond donors (Lipinski definition) is 2. The fourth-order valence-corrected chi connectivity index (χ4v) is 2.83. The normalized spacial score (nSPS) is 15.1. The Morgan fingerprint density at radius 1 is 1.42 bits per heavy atom. The molecule has 1 aromatic heterocycles. The highest BCUT2D eigenvalue weighted by Gasteiger charge is 2.37. The number of nitrogens with zero attached hydrogens (tertiary/aromatic N) is 2. The Hall–Kier alpha value is -2.67. The van der Waals surface area contributed by atoms with E-state index >= 15 is 0 Å². The molecule has 1 amide bonds. The molecule has 0 spiro atoms. The second kappa shape index (κ2) is 5.76. The van der Waals surface area contributed by atoms with E-state index in [9.17, 15) is 9.59 Å². The van der Waals surface area contributed by atoms with Crippen LogP contribution in [0, 0.1) is 0 Å². The maximum Gasteiger partial charge on any atom is 0.307 e. The van der Waals surface area contributed by atoms with E-state index in [1.165, 1.54) is 4.90 Å². The zero-order chi connectivity index (χ0) is 17.5. The Morgan fingerprint density at radius 3 is 2.88 bits per heavy atom. The topological polar surface area (TPSA) is 95.5 Å². The van der Waals surface area contributed by atoms with Crippen LogP contribution in [0.25, 0.3) is 0 Å². The van der Waals surface area contributed by atoms with Gasteiger partial charge >= 0.3 is 5.97 Å². The fourth-order valence-electron chi connectivity index (χ4n) is 2.83. The molecule has 7 heteroatoms. The molecular formula is C17H19N3O4. The van der Waals surface area contributed by atoms with Crippen LogP contribution in [-0.4, -0.2) is 34.2 Å². The Kier molecular flexibility index (Phi) is 3.88. The van der Waals surface area contributed by atoms with Crippen molar-refractivity contribution in [1.29, 1.82) is 0 Å². The van der Waals surface area contributed by atoms with Crippen LogP contribution in [0.5, 0.6) is 0 Å². The van der Waals surface area contributed by atoms with Crippen molar-refractivity contribution in [3.63, 3.8) is 0 Å². The Balaban J connectivity index is 1.88. The number of nitrogens with one attached hydrogen (secondary N) is 1. The summed E-state index contributed by atoms with van der Waals surface area (Å²) in [6.45, 7) is 4.18. The SMILES string of the molecule is CN(C(=O)c1n[nH]c2c1COC2(C)C)c1cccc(CC(=O)O)c1. The van der Waals surface area contributed by atoms with Crippen LogP contribution < -0.4 is 4.90 Å². The first-order chi connectivity index (χ1) is 11.3. The molecule has 0 atom stereocenters. The molecular weight excluding hydrogens is 310 g/mol. The molecule has 0 saturated carbocycles. The summed E-state index contributed by atoms with van der Waals surface area (Å²) in [6, 6.07) is 6.91. The van der Waals surface area contributed by atoms with Gasteiger partial charge < -0.3 is 14.7 Å². The maximum absolute atomic E-state index is 12.8. The minimum atomic E-state index is -0.911. The summed E-state index contributed by atoms with van der Waals surface area (Å²) < 4.78 is 5.68. The number of hydrogen-bond acceptors (Lipinski definition) is 4. The Bertz CT molecular complexity index is 810. The first-order valence-corrected chi connectivity index (χ1v) is 7.60. The summed E-state index contributed by atoms with van der Waals surface area (Å²) in [4.78, 5) is 25.1. The molecule has 1 aliphatic rings. The lowest BCUT2D eigenvalue weighted by Gasteiger charge is -2.17. The highest BCUT2D eigenvalue weighted by atomic mass is 16.5. The number of carboxylic acids is 1. The predicted molar refractivity (Wildman–Crippen MR) is 86.9 cm³/mol. The van der Waals surface area contributed by atoms with Crippen molar-refractivity contribution >= 4 is 17.6 Å². The molecule has 0 unspecified atom stereocenters. The van der Waals surface area contributed by atoms with Crippen molar-refractivity contribution in [2.75, 3.05) is 11.9 Å². The summed E-state index contributed by atoms with van der Waals surface area (Å²) in [5, 5.41) is 16.0. The summed E-state index contributed by atoms with van der Waals surface area (Å²) in [5.41, 5.74) is 2.70. The first kappa shape index (κ1) is 16.2. The number of carbonyl (C=O) groups is 2. The molecule has 7 nitrogen and oxygen atoms in total. The summed E-state index contributed by atoms with van der Waals surface area (Å²) in [7, 11) is 1.64. The molecule has 126 valence electrons. The first-order valence-electron chi connectivity index (χ1n) is 7.60.